The minimum Gasteiger partial charge on any atom is -0.448 e. The first kappa shape index (κ1) is 32.7. The number of hydrogen-bond donors (Lipinski definition) is 7. The maximum Gasteiger partial charge on any atom is 0.407 e. The summed E-state index contributed by atoms with van der Waals surface area (Å²) >= 11 is 0. The Morgan fingerprint density at radius 2 is 1.08 bits per heavy atom. The van der Waals surface area contributed by atoms with E-state index < -0.39 is 36.3 Å². The molecular formula is C22H43N7O7. The van der Waals surface area contributed by atoms with E-state index in [1.807, 2.05) is 10.6 Å². The van der Waals surface area contributed by atoms with Gasteiger partial charge < -0.3 is 36.5 Å². The van der Waals surface area contributed by atoms with Gasteiger partial charge in [0.05, 0.1) is 6.04 Å². The van der Waals surface area contributed by atoms with Crippen LogP contribution in [-0.2, 0) is 9.47 Å². The molecule has 1 unspecified atom stereocenters. The Labute approximate surface area is 212 Å². The molecule has 36 heavy (non-hydrogen) atoms. The molecule has 8 N–H and O–H groups in total. The van der Waals surface area contributed by atoms with E-state index in [-0.39, 0.29) is 13.2 Å². The topological polar surface area (TPSA) is 202 Å². The van der Waals surface area contributed by atoms with Gasteiger partial charge in [0, 0.05) is 26.7 Å². The van der Waals surface area contributed by atoms with Gasteiger partial charge in [0.2, 0.25) is 0 Å². The quantitative estimate of drug-likeness (QED) is 0.141. The molecule has 0 aliphatic heterocycles. The molecule has 0 aliphatic rings. The molecule has 0 rings (SSSR count). The molecule has 14 nitrogen and oxygen atoms in total. The zero-order valence-electron chi connectivity index (χ0n) is 21.4. The average Bonchev–Trinajstić information content (AvgIpc) is 2.84. The number of rotatable bonds is 17. The van der Waals surface area contributed by atoms with E-state index in [2.05, 4.69) is 28.2 Å². The summed E-state index contributed by atoms with van der Waals surface area (Å²) in [5, 5.41) is 14.0. The normalized spacial score (nSPS) is 11.0. The van der Waals surface area contributed by atoms with Crippen molar-refractivity contribution in [3.8, 4) is 0 Å². The molecule has 1 atom stereocenters. The van der Waals surface area contributed by atoms with E-state index in [0.29, 0.717) is 32.5 Å². The Hall–Kier alpha value is -3.29. The number of hydrogen-bond acceptors (Lipinski definition) is 8. The molecule has 0 saturated heterocycles. The number of amides is 8. The second-order valence-corrected chi connectivity index (χ2v) is 8.05. The van der Waals surface area contributed by atoms with Crippen molar-refractivity contribution >= 4 is 30.3 Å². The average molecular weight is 518 g/mol. The lowest BCUT2D eigenvalue weighted by Gasteiger charge is -2.13. The van der Waals surface area contributed by atoms with Crippen LogP contribution in [0.25, 0.3) is 0 Å². The molecule has 0 heterocycles. The molecule has 208 valence electrons. The summed E-state index contributed by atoms with van der Waals surface area (Å²) in [7, 11) is 1.42. The van der Waals surface area contributed by atoms with Crippen molar-refractivity contribution in [1.82, 2.24) is 31.9 Å². The summed E-state index contributed by atoms with van der Waals surface area (Å²) < 4.78 is 9.69. The molecule has 0 fully saturated rings. The van der Waals surface area contributed by atoms with Crippen LogP contribution in [-0.4, -0.2) is 76.2 Å². The molecule has 0 saturated carbocycles. The van der Waals surface area contributed by atoms with Crippen LogP contribution < -0.4 is 37.6 Å². The molecule has 0 aromatic carbocycles. The largest absolute Gasteiger partial charge is 0.448 e. The van der Waals surface area contributed by atoms with Crippen molar-refractivity contribution in [1.29, 1.82) is 0 Å². The highest BCUT2D eigenvalue weighted by atomic mass is 16.6. The molecule has 0 aromatic rings. The maximum atomic E-state index is 11.7. The fraction of sp³-hybridized carbons (Fsp3) is 0.773. The third kappa shape index (κ3) is 21.3. The van der Waals surface area contributed by atoms with Crippen molar-refractivity contribution < 1.29 is 33.4 Å². The van der Waals surface area contributed by atoms with E-state index in [4.69, 9.17) is 15.2 Å². The van der Waals surface area contributed by atoms with E-state index in [1.165, 1.54) is 7.05 Å². The number of imide groups is 2. The number of nitrogens with two attached hydrogens (primary N) is 1. The smallest absolute Gasteiger partial charge is 0.407 e. The van der Waals surface area contributed by atoms with Crippen LogP contribution in [0.2, 0.25) is 0 Å². The molecule has 0 aliphatic carbocycles. The summed E-state index contributed by atoms with van der Waals surface area (Å²) in [5.41, 5.74) is 5.67. The Balaban J connectivity index is 3.61. The van der Waals surface area contributed by atoms with Crippen LogP contribution in [0.4, 0.5) is 24.0 Å². The summed E-state index contributed by atoms with van der Waals surface area (Å²) in [6.07, 6.45) is 7.04. The Kier molecular flexibility index (Phi) is 20.2. The van der Waals surface area contributed by atoms with Gasteiger partial charge in [-0.2, -0.15) is 0 Å². The van der Waals surface area contributed by atoms with E-state index in [1.54, 1.807) is 0 Å². The maximum absolute atomic E-state index is 11.7. The first-order valence-electron chi connectivity index (χ1n) is 12.4. The number of urea groups is 3. The highest BCUT2D eigenvalue weighted by Gasteiger charge is 2.11. The highest BCUT2D eigenvalue weighted by Crippen LogP contribution is 2.01. The van der Waals surface area contributed by atoms with E-state index in [0.717, 1.165) is 44.9 Å². The lowest BCUT2D eigenvalue weighted by molar-refractivity contribution is 0.108. The lowest BCUT2D eigenvalue weighted by Crippen LogP contribution is -2.49. The van der Waals surface area contributed by atoms with Crippen LogP contribution in [0.1, 0.15) is 64.7 Å². The molecule has 0 radical (unpaired) electrons. The molecular weight excluding hydrogens is 474 g/mol. The van der Waals surface area contributed by atoms with Crippen LogP contribution in [0.15, 0.2) is 0 Å². The molecule has 0 bridgehead atoms. The summed E-state index contributed by atoms with van der Waals surface area (Å²) in [6, 6.07) is -2.85. The monoisotopic (exact) mass is 517 g/mol. The van der Waals surface area contributed by atoms with Crippen LogP contribution >= 0.6 is 0 Å². The molecule has 0 spiro atoms. The van der Waals surface area contributed by atoms with Crippen LogP contribution in [0, 0.1) is 0 Å². The van der Waals surface area contributed by atoms with Crippen molar-refractivity contribution in [2.24, 2.45) is 5.73 Å². The Morgan fingerprint density at radius 3 is 1.56 bits per heavy atom. The molecule has 0 aromatic heterocycles. The summed E-state index contributed by atoms with van der Waals surface area (Å²) in [5.74, 6) is 0. The minimum atomic E-state index is -0.895. The fourth-order valence-electron chi connectivity index (χ4n) is 2.79. The number of alkyl carbamates (subject to hydrolysis) is 2. The predicted octanol–water partition coefficient (Wildman–Crippen LogP) is 1.65. The predicted molar refractivity (Wildman–Crippen MR) is 133 cm³/mol. The zero-order chi connectivity index (χ0) is 27.0. The number of carbonyl (C=O) groups is 5. The number of ether oxygens (including phenoxy) is 2. The SMILES string of the molecule is CCCCCCCNC(=O)NC(=O)NC(=O)NCCCCCCNC(=O)OCC(N)COC(=O)NC. The second kappa shape index (κ2) is 22.2. The molecule has 8 amide bonds. The Morgan fingerprint density at radius 1 is 0.639 bits per heavy atom. The van der Waals surface area contributed by atoms with E-state index in [9.17, 15) is 24.0 Å². The van der Waals surface area contributed by atoms with Crippen LogP contribution in [0.5, 0.6) is 0 Å². The highest BCUT2D eigenvalue weighted by molar-refractivity contribution is 6.01. The first-order chi connectivity index (χ1) is 17.3. The van der Waals surface area contributed by atoms with E-state index >= 15 is 0 Å². The van der Waals surface area contributed by atoms with Crippen molar-refractivity contribution in [2.45, 2.75) is 70.8 Å². The third-order valence-electron chi connectivity index (χ3n) is 4.74. The lowest BCUT2D eigenvalue weighted by atomic mass is 10.1. The van der Waals surface area contributed by atoms with Gasteiger partial charge in [-0.1, -0.05) is 45.4 Å². The van der Waals surface area contributed by atoms with Gasteiger partial charge in [0.25, 0.3) is 0 Å². The van der Waals surface area contributed by atoms with Gasteiger partial charge in [0.1, 0.15) is 13.2 Å². The molecule has 14 heteroatoms. The third-order valence-corrected chi connectivity index (χ3v) is 4.74. The van der Waals surface area contributed by atoms with Gasteiger partial charge >= 0.3 is 30.3 Å². The Bertz CT molecular complexity index is 665. The second-order valence-electron chi connectivity index (χ2n) is 8.05. The number of unbranched alkanes of at least 4 members (excludes halogenated alkanes) is 7. The number of nitrogens with one attached hydrogen (secondary N) is 6. The van der Waals surface area contributed by atoms with Crippen molar-refractivity contribution in [3.05, 3.63) is 0 Å². The summed E-state index contributed by atoms with van der Waals surface area (Å²) in [4.78, 5) is 57.5. The van der Waals surface area contributed by atoms with Gasteiger partial charge in [-0.3, -0.25) is 10.6 Å². The summed E-state index contributed by atoms with van der Waals surface area (Å²) in [6.45, 7) is 3.21. The van der Waals surface area contributed by atoms with Crippen LogP contribution in [0.3, 0.4) is 0 Å². The number of carbonyl (C=O) groups excluding carboxylic acids is 5. The minimum absolute atomic E-state index is 0.0712. The van der Waals surface area contributed by atoms with Crippen molar-refractivity contribution in [2.75, 3.05) is 39.9 Å². The van der Waals surface area contributed by atoms with Gasteiger partial charge in [-0.05, 0) is 19.3 Å². The van der Waals surface area contributed by atoms with Gasteiger partial charge in [-0.25, -0.2) is 24.0 Å². The van der Waals surface area contributed by atoms with Gasteiger partial charge in [-0.15, -0.1) is 0 Å². The zero-order valence-corrected chi connectivity index (χ0v) is 21.4. The standard InChI is InChI=1S/C22H43N7O7/c1-3-4-5-6-9-12-25-18(30)28-20(32)29-19(31)26-13-10-7-8-11-14-27-22(34)36-16-17(23)15-35-21(33)24-2/h17H,3-16,23H2,1-2H3,(H,24,33)(H,27,34)(H4,25,26,28,29,30,31,32). The van der Waals surface area contributed by atoms with Gasteiger partial charge in [0.15, 0.2) is 0 Å². The first-order valence-corrected chi connectivity index (χ1v) is 12.4. The van der Waals surface area contributed by atoms with Crippen molar-refractivity contribution in [3.63, 3.8) is 0 Å². The fourth-order valence-corrected chi connectivity index (χ4v) is 2.79.